The number of nitrogens with one attached hydrogen (secondary N) is 1. The predicted molar refractivity (Wildman–Crippen MR) is 70.6 cm³/mol. The first-order valence-electron chi connectivity index (χ1n) is 6.24. The van der Waals surface area contributed by atoms with Gasteiger partial charge in [0, 0.05) is 11.3 Å². The van der Waals surface area contributed by atoms with Gasteiger partial charge < -0.3 is 11.1 Å². The fourth-order valence-electron chi connectivity index (χ4n) is 1.94. The molecule has 2 atom stereocenters. The van der Waals surface area contributed by atoms with Crippen molar-refractivity contribution in [3.63, 3.8) is 0 Å². The van der Waals surface area contributed by atoms with Crippen LogP contribution in [0, 0.1) is 0 Å². The Kier molecular flexibility index (Phi) is 5.62. The van der Waals surface area contributed by atoms with E-state index >= 15 is 0 Å². The number of nitrogens with two attached hydrogens (primary N) is 1. The summed E-state index contributed by atoms with van der Waals surface area (Å²) in [5.74, 6) is 1.23. The van der Waals surface area contributed by atoms with Gasteiger partial charge in [-0.25, -0.2) is 0 Å². The van der Waals surface area contributed by atoms with E-state index in [1.165, 1.54) is 18.6 Å². The number of amides is 1. The van der Waals surface area contributed by atoms with Crippen molar-refractivity contribution >= 4 is 17.7 Å². The molecule has 1 amide bonds. The molecule has 0 aromatic heterocycles. The molecule has 0 radical (unpaired) electrons. The molecular weight excluding hydrogens is 220 g/mol. The predicted octanol–water partition coefficient (Wildman–Crippen LogP) is 1.91. The second kappa shape index (κ2) is 6.50. The summed E-state index contributed by atoms with van der Waals surface area (Å²) in [4.78, 5) is 11.7. The molecule has 1 aliphatic rings. The SMILES string of the molecule is CCCCC(N)C(=O)NCC1(C)CCCS1. The first kappa shape index (κ1) is 13.8. The second-order valence-electron chi connectivity index (χ2n) is 4.87. The van der Waals surface area contributed by atoms with Crippen molar-refractivity contribution < 1.29 is 4.79 Å². The Labute approximate surface area is 103 Å². The largest absolute Gasteiger partial charge is 0.353 e. The number of unbranched alkanes of at least 4 members (excludes halogenated alkanes) is 1. The highest BCUT2D eigenvalue weighted by Gasteiger charge is 2.30. The van der Waals surface area contributed by atoms with Crippen LogP contribution >= 0.6 is 11.8 Å². The number of rotatable bonds is 6. The molecule has 1 rings (SSSR count). The molecule has 0 saturated carbocycles. The molecule has 94 valence electrons. The molecule has 1 heterocycles. The molecule has 3 N–H and O–H groups in total. The van der Waals surface area contributed by atoms with Gasteiger partial charge in [0.15, 0.2) is 0 Å². The lowest BCUT2D eigenvalue weighted by Gasteiger charge is -2.24. The summed E-state index contributed by atoms with van der Waals surface area (Å²) in [5.41, 5.74) is 5.81. The molecule has 4 heteroatoms. The molecule has 0 bridgehead atoms. The lowest BCUT2D eigenvalue weighted by atomic mass is 10.1. The fraction of sp³-hybridized carbons (Fsp3) is 0.917. The van der Waals surface area contributed by atoms with E-state index in [1.807, 2.05) is 11.8 Å². The average molecular weight is 244 g/mol. The quantitative estimate of drug-likeness (QED) is 0.750. The van der Waals surface area contributed by atoms with E-state index in [2.05, 4.69) is 19.2 Å². The van der Waals surface area contributed by atoms with Gasteiger partial charge in [0.25, 0.3) is 0 Å². The summed E-state index contributed by atoms with van der Waals surface area (Å²) in [6.07, 6.45) is 5.38. The second-order valence-corrected chi connectivity index (χ2v) is 6.55. The molecule has 2 unspecified atom stereocenters. The van der Waals surface area contributed by atoms with Gasteiger partial charge in [-0.15, -0.1) is 0 Å². The van der Waals surface area contributed by atoms with Crippen molar-refractivity contribution in [3.8, 4) is 0 Å². The van der Waals surface area contributed by atoms with E-state index in [0.29, 0.717) is 0 Å². The number of carbonyl (C=O) groups excluding carboxylic acids is 1. The Morgan fingerprint density at radius 2 is 2.38 bits per heavy atom. The van der Waals surface area contributed by atoms with Crippen molar-refractivity contribution in [3.05, 3.63) is 0 Å². The van der Waals surface area contributed by atoms with Crippen LogP contribution in [0.25, 0.3) is 0 Å². The van der Waals surface area contributed by atoms with Crippen molar-refractivity contribution in [2.24, 2.45) is 5.73 Å². The van der Waals surface area contributed by atoms with Crippen LogP contribution in [0.5, 0.6) is 0 Å². The van der Waals surface area contributed by atoms with Gasteiger partial charge in [-0.2, -0.15) is 11.8 Å². The first-order valence-corrected chi connectivity index (χ1v) is 7.23. The Bertz CT molecular complexity index is 227. The van der Waals surface area contributed by atoms with E-state index < -0.39 is 0 Å². The Balaban J connectivity index is 2.23. The van der Waals surface area contributed by atoms with Crippen molar-refractivity contribution in [2.45, 2.75) is 56.7 Å². The molecule has 1 fully saturated rings. The van der Waals surface area contributed by atoms with Gasteiger partial charge in [-0.05, 0) is 31.9 Å². The summed E-state index contributed by atoms with van der Waals surface area (Å²) < 4.78 is 0.236. The van der Waals surface area contributed by atoms with Crippen LogP contribution in [0.4, 0.5) is 0 Å². The fourth-order valence-corrected chi connectivity index (χ4v) is 3.18. The zero-order chi connectivity index (χ0) is 12.0. The van der Waals surface area contributed by atoms with Gasteiger partial charge in [-0.1, -0.05) is 19.8 Å². The normalized spacial score (nSPS) is 26.7. The van der Waals surface area contributed by atoms with E-state index in [9.17, 15) is 4.79 Å². The Hall–Kier alpha value is -0.220. The lowest BCUT2D eigenvalue weighted by Crippen LogP contribution is -2.45. The van der Waals surface area contributed by atoms with Crippen molar-refractivity contribution in [1.29, 1.82) is 0 Å². The van der Waals surface area contributed by atoms with Crippen LogP contribution in [-0.4, -0.2) is 29.0 Å². The van der Waals surface area contributed by atoms with Crippen LogP contribution in [0.1, 0.15) is 46.0 Å². The van der Waals surface area contributed by atoms with E-state index in [-0.39, 0.29) is 16.7 Å². The monoisotopic (exact) mass is 244 g/mol. The van der Waals surface area contributed by atoms with E-state index in [4.69, 9.17) is 5.73 Å². The van der Waals surface area contributed by atoms with Crippen LogP contribution in [0.15, 0.2) is 0 Å². The van der Waals surface area contributed by atoms with Gasteiger partial charge >= 0.3 is 0 Å². The van der Waals surface area contributed by atoms with E-state index in [1.54, 1.807) is 0 Å². The van der Waals surface area contributed by atoms with Crippen molar-refractivity contribution in [2.75, 3.05) is 12.3 Å². The number of thioether (sulfide) groups is 1. The Morgan fingerprint density at radius 3 is 2.94 bits per heavy atom. The summed E-state index contributed by atoms with van der Waals surface area (Å²) in [5, 5.41) is 2.99. The summed E-state index contributed by atoms with van der Waals surface area (Å²) in [6.45, 7) is 5.10. The van der Waals surface area contributed by atoms with Crippen LogP contribution in [0.3, 0.4) is 0 Å². The molecule has 0 aromatic rings. The Morgan fingerprint density at radius 1 is 1.62 bits per heavy atom. The maximum Gasteiger partial charge on any atom is 0.236 e. The minimum absolute atomic E-state index is 0.0159. The molecule has 16 heavy (non-hydrogen) atoms. The third-order valence-corrected chi connectivity index (χ3v) is 4.68. The topological polar surface area (TPSA) is 55.1 Å². The highest BCUT2D eigenvalue weighted by Crippen LogP contribution is 2.36. The molecule has 1 saturated heterocycles. The molecule has 1 aliphatic heterocycles. The first-order chi connectivity index (χ1) is 7.57. The molecule has 0 aromatic carbocycles. The van der Waals surface area contributed by atoms with Gasteiger partial charge in [0.2, 0.25) is 5.91 Å². The standard InChI is InChI=1S/C12H24N2OS/c1-3-4-6-10(13)11(15)14-9-12(2)7-5-8-16-12/h10H,3-9,13H2,1-2H3,(H,14,15). The smallest absolute Gasteiger partial charge is 0.236 e. The molecular formula is C12H24N2OS. The lowest BCUT2D eigenvalue weighted by molar-refractivity contribution is -0.122. The molecule has 0 aliphatic carbocycles. The summed E-state index contributed by atoms with van der Waals surface area (Å²) >= 11 is 1.96. The van der Waals surface area contributed by atoms with Crippen LogP contribution < -0.4 is 11.1 Å². The zero-order valence-electron chi connectivity index (χ0n) is 10.4. The zero-order valence-corrected chi connectivity index (χ0v) is 11.2. The average Bonchev–Trinajstić information content (AvgIpc) is 2.70. The summed E-state index contributed by atoms with van der Waals surface area (Å²) in [7, 11) is 0. The number of carbonyl (C=O) groups is 1. The van der Waals surface area contributed by atoms with Gasteiger partial charge in [-0.3, -0.25) is 4.79 Å². The number of hydrogen-bond donors (Lipinski definition) is 2. The van der Waals surface area contributed by atoms with Gasteiger partial charge in [0.1, 0.15) is 0 Å². The molecule has 0 spiro atoms. The third-order valence-electron chi connectivity index (χ3n) is 3.14. The van der Waals surface area contributed by atoms with Gasteiger partial charge in [0.05, 0.1) is 6.04 Å². The maximum absolute atomic E-state index is 11.7. The highest BCUT2D eigenvalue weighted by molar-refractivity contribution is 8.00. The summed E-state index contributed by atoms with van der Waals surface area (Å²) in [6, 6.07) is -0.324. The highest BCUT2D eigenvalue weighted by atomic mass is 32.2. The minimum atomic E-state index is -0.324. The van der Waals surface area contributed by atoms with Crippen molar-refractivity contribution in [1.82, 2.24) is 5.32 Å². The maximum atomic E-state index is 11.7. The number of hydrogen-bond acceptors (Lipinski definition) is 3. The molecule has 3 nitrogen and oxygen atoms in total. The van der Waals surface area contributed by atoms with Crippen LogP contribution in [-0.2, 0) is 4.79 Å². The van der Waals surface area contributed by atoms with Crippen LogP contribution in [0.2, 0.25) is 0 Å². The minimum Gasteiger partial charge on any atom is -0.353 e. The third kappa shape index (κ3) is 4.34. The van der Waals surface area contributed by atoms with E-state index in [0.717, 1.165) is 25.8 Å².